The summed E-state index contributed by atoms with van der Waals surface area (Å²) in [6.45, 7) is -0.0370. The lowest BCUT2D eigenvalue weighted by Gasteiger charge is -2.37. The lowest BCUT2D eigenvalue weighted by Crippen LogP contribution is -2.49. The van der Waals surface area contributed by atoms with Gasteiger partial charge in [0.15, 0.2) is 0 Å². The maximum absolute atomic E-state index is 14.3. The van der Waals surface area contributed by atoms with Crippen molar-refractivity contribution in [2.24, 2.45) is 0 Å². The molecule has 5 nitrogen and oxygen atoms in total. The van der Waals surface area contributed by atoms with Gasteiger partial charge in [0.05, 0.1) is 0 Å². The van der Waals surface area contributed by atoms with E-state index in [2.05, 4.69) is 0 Å². The van der Waals surface area contributed by atoms with Crippen LogP contribution in [0.3, 0.4) is 0 Å². The topological polar surface area (TPSA) is 63.4 Å². The SMILES string of the molecule is O=C1CC[C@H]([N+](=O)[O-])C(c2cc(F)ccc2F)N1CCc1ccccc1F. The van der Waals surface area contributed by atoms with Crippen LogP contribution in [0.25, 0.3) is 0 Å². The fourth-order valence-corrected chi connectivity index (χ4v) is 3.48. The molecule has 2 aromatic carbocycles. The fraction of sp³-hybridized carbons (Fsp3) is 0.316. The highest BCUT2D eigenvalue weighted by molar-refractivity contribution is 5.78. The van der Waals surface area contributed by atoms with Gasteiger partial charge in [0.1, 0.15) is 23.5 Å². The highest BCUT2D eigenvalue weighted by Crippen LogP contribution is 2.35. The van der Waals surface area contributed by atoms with E-state index >= 15 is 0 Å². The molecule has 3 rings (SSSR count). The molecule has 1 heterocycles. The normalized spacial score (nSPS) is 20.0. The fourth-order valence-electron chi connectivity index (χ4n) is 3.48. The largest absolute Gasteiger partial charge is 0.328 e. The summed E-state index contributed by atoms with van der Waals surface area (Å²) in [4.78, 5) is 24.5. The lowest BCUT2D eigenvalue weighted by molar-refractivity contribution is -0.533. The predicted molar refractivity (Wildman–Crippen MR) is 90.9 cm³/mol. The molecule has 0 aliphatic carbocycles. The molecule has 2 aromatic rings. The molecule has 1 aliphatic heterocycles. The summed E-state index contributed by atoms with van der Waals surface area (Å²) in [7, 11) is 0. The predicted octanol–water partition coefficient (Wildman–Crippen LogP) is 3.66. The Balaban J connectivity index is 1.96. The van der Waals surface area contributed by atoms with E-state index in [0.717, 1.165) is 18.2 Å². The number of carbonyl (C=O) groups is 1. The Morgan fingerprint density at radius 3 is 2.56 bits per heavy atom. The van der Waals surface area contributed by atoms with Crippen LogP contribution in [0.1, 0.15) is 30.0 Å². The molecule has 1 aliphatic rings. The number of halogens is 3. The molecule has 2 atom stereocenters. The third-order valence-corrected chi connectivity index (χ3v) is 4.80. The summed E-state index contributed by atoms with van der Waals surface area (Å²) in [6.07, 6.45) is -0.0325. The van der Waals surface area contributed by atoms with Crippen LogP contribution in [0.4, 0.5) is 13.2 Å². The van der Waals surface area contributed by atoms with Gasteiger partial charge in [-0.15, -0.1) is 0 Å². The maximum Gasteiger partial charge on any atom is 0.237 e. The van der Waals surface area contributed by atoms with E-state index in [0.29, 0.717) is 5.56 Å². The highest BCUT2D eigenvalue weighted by atomic mass is 19.1. The van der Waals surface area contributed by atoms with E-state index in [9.17, 15) is 28.1 Å². The summed E-state index contributed by atoms with van der Waals surface area (Å²) in [5.74, 6) is -2.43. The van der Waals surface area contributed by atoms with Crippen molar-refractivity contribution in [2.75, 3.05) is 6.54 Å². The molecular weight excluding hydrogens is 361 g/mol. The van der Waals surface area contributed by atoms with Crippen molar-refractivity contribution in [2.45, 2.75) is 31.3 Å². The average molecular weight is 378 g/mol. The van der Waals surface area contributed by atoms with E-state index in [-0.39, 0.29) is 31.4 Å². The Bertz CT molecular complexity index is 875. The molecule has 8 heteroatoms. The summed E-state index contributed by atoms with van der Waals surface area (Å²) >= 11 is 0. The summed E-state index contributed by atoms with van der Waals surface area (Å²) in [5.41, 5.74) is 0.102. The van der Waals surface area contributed by atoms with Crippen molar-refractivity contribution in [1.29, 1.82) is 0 Å². The maximum atomic E-state index is 14.3. The van der Waals surface area contributed by atoms with Crippen LogP contribution < -0.4 is 0 Å². The van der Waals surface area contributed by atoms with Crippen molar-refractivity contribution in [3.63, 3.8) is 0 Å². The van der Waals surface area contributed by atoms with Gasteiger partial charge < -0.3 is 4.90 Å². The van der Waals surface area contributed by atoms with E-state index in [4.69, 9.17) is 0 Å². The van der Waals surface area contributed by atoms with Gasteiger partial charge in [-0.1, -0.05) is 18.2 Å². The number of hydrogen-bond acceptors (Lipinski definition) is 3. The van der Waals surface area contributed by atoms with Gasteiger partial charge in [0.25, 0.3) is 0 Å². The molecule has 1 unspecified atom stereocenters. The number of rotatable bonds is 5. The Kier molecular flexibility index (Phi) is 5.43. The van der Waals surface area contributed by atoms with Crippen molar-refractivity contribution in [3.8, 4) is 0 Å². The van der Waals surface area contributed by atoms with E-state index in [1.165, 1.54) is 17.0 Å². The standard InChI is InChI=1S/C19H17F3N2O3/c20-13-5-6-16(22)14(11-13)19-17(24(26)27)7-8-18(25)23(19)10-9-12-3-1-2-4-15(12)21/h1-6,11,17,19H,7-10H2/t17-,19?/m0/s1. The minimum atomic E-state index is -1.26. The molecule has 0 saturated carbocycles. The Hall–Kier alpha value is -2.90. The quantitative estimate of drug-likeness (QED) is 0.589. The molecule has 0 aromatic heterocycles. The molecule has 0 radical (unpaired) electrons. The molecule has 142 valence electrons. The smallest absolute Gasteiger partial charge is 0.237 e. The molecular formula is C19H17F3N2O3. The zero-order valence-electron chi connectivity index (χ0n) is 14.3. The molecule has 0 N–H and O–H groups in total. The van der Waals surface area contributed by atoms with Crippen LogP contribution in [0, 0.1) is 27.6 Å². The molecule has 1 saturated heterocycles. The Morgan fingerprint density at radius 2 is 1.85 bits per heavy atom. The van der Waals surface area contributed by atoms with Crippen molar-refractivity contribution >= 4 is 5.91 Å². The summed E-state index contributed by atoms with van der Waals surface area (Å²) in [6, 6.07) is 6.15. The van der Waals surface area contributed by atoms with E-state index in [1.54, 1.807) is 12.1 Å². The number of likely N-dealkylation sites (tertiary alicyclic amines) is 1. The number of carbonyl (C=O) groups excluding carboxylic acids is 1. The molecule has 0 bridgehead atoms. The van der Waals surface area contributed by atoms with E-state index < -0.39 is 40.4 Å². The number of nitro groups is 1. The van der Waals surface area contributed by atoms with Crippen LogP contribution in [0.2, 0.25) is 0 Å². The Morgan fingerprint density at radius 1 is 1.11 bits per heavy atom. The van der Waals surface area contributed by atoms with Crippen LogP contribution in [0.15, 0.2) is 42.5 Å². The minimum absolute atomic E-state index is 0.0370. The van der Waals surface area contributed by atoms with Gasteiger partial charge in [0, 0.05) is 29.9 Å². The van der Waals surface area contributed by atoms with Gasteiger partial charge in [-0.05, 0) is 36.2 Å². The number of amides is 1. The van der Waals surface area contributed by atoms with Crippen LogP contribution in [-0.2, 0) is 11.2 Å². The monoisotopic (exact) mass is 378 g/mol. The summed E-state index contributed by atoms with van der Waals surface area (Å²) in [5, 5.41) is 11.5. The number of hydrogen-bond donors (Lipinski definition) is 0. The molecule has 27 heavy (non-hydrogen) atoms. The first-order valence-electron chi connectivity index (χ1n) is 8.50. The highest BCUT2D eigenvalue weighted by Gasteiger charge is 2.44. The number of nitrogens with zero attached hydrogens (tertiary/aromatic N) is 2. The number of piperidine rings is 1. The van der Waals surface area contributed by atoms with Crippen LogP contribution in [-0.4, -0.2) is 28.3 Å². The number of benzene rings is 2. The van der Waals surface area contributed by atoms with Gasteiger partial charge in [-0.2, -0.15) is 0 Å². The second-order valence-corrected chi connectivity index (χ2v) is 6.43. The molecule has 1 fully saturated rings. The van der Waals surface area contributed by atoms with E-state index in [1.807, 2.05) is 0 Å². The Labute approximate surface area is 153 Å². The first-order chi connectivity index (χ1) is 12.9. The van der Waals surface area contributed by atoms with Crippen molar-refractivity contribution < 1.29 is 22.9 Å². The van der Waals surface area contributed by atoms with Gasteiger partial charge in [-0.25, -0.2) is 13.2 Å². The third kappa shape index (κ3) is 3.94. The van der Waals surface area contributed by atoms with Crippen molar-refractivity contribution in [1.82, 2.24) is 4.90 Å². The van der Waals surface area contributed by atoms with Crippen molar-refractivity contribution in [3.05, 3.63) is 81.2 Å². The average Bonchev–Trinajstić information content (AvgIpc) is 2.63. The van der Waals surface area contributed by atoms with Gasteiger partial charge >= 0.3 is 0 Å². The van der Waals surface area contributed by atoms with Gasteiger partial charge in [-0.3, -0.25) is 14.9 Å². The zero-order chi connectivity index (χ0) is 19.6. The molecule has 1 amide bonds. The van der Waals surface area contributed by atoms with Crippen LogP contribution >= 0.6 is 0 Å². The summed E-state index contributed by atoms with van der Waals surface area (Å²) < 4.78 is 41.9. The zero-order valence-corrected chi connectivity index (χ0v) is 14.3. The first-order valence-corrected chi connectivity index (χ1v) is 8.50. The second-order valence-electron chi connectivity index (χ2n) is 6.43. The minimum Gasteiger partial charge on any atom is -0.328 e. The lowest BCUT2D eigenvalue weighted by atomic mass is 9.89. The molecule has 0 spiro atoms. The third-order valence-electron chi connectivity index (χ3n) is 4.80. The van der Waals surface area contributed by atoms with Gasteiger partial charge in [0.2, 0.25) is 11.9 Å². The second kappa shape index (κ2) is 7.77. The first kappa shape index (κ1) is 18.9. The van der Waals surface area contributed by atoms with Crippen LogP contribution in [0.5, 0.6) is 0 Å².